The van der Waals surface area contributed by atoms with Gasteiger partial charge in [-0.2, -0.15) is 0 Å². The Kier molecular flexibility index (Phi) is 3.76. The summed E-state index contributed by atoms with van der Waals surface area (Å²) < 4.78 is 6.51. The normalized spacial score (nSPS) is 10.3. The standard InChI is InChI=1S/C13H11ClN2O4/c1-8-3-4-10(14)12(5-8)20-13(17)11-6-9(16(18)19)7-15(11)2/h3-7H,1-2H3. The highest BCUT2D eigenvalue weighted by molar-refractivity contribution is 6.32. The third kappa shape index (κ3) is 2.80. The lowest BCUT2D eigenvalue weighted by Gasteiger charge is -2.07. The summed E-state index contributed by atoms with van der Waals surface area (Å²) >= 11 is 5.93. The predicted octanol–water partition coefficient (Wildman–Crippen LogP) is 3.11. The zero-order valence-corrected chi connectivity index (χ0v) is 11.5. The second-order valence-electron chi connectivity index (χ2n) is 4.27. The molecule has 0 unspecified atom stereocenters. The molecular weight excluding hydrogens is 284 g/mol. The number of halogens is 1. The van der Waals surface area contributed by atoms with E-state index in [1.54, 1.807) is 18.2 Å². The molecule has 0 saturated carbocycles. The molecule has 0 N–H and O–H groups in total. The van der Waals surface area contributed by atoms with Crippen LogP contribution in [0.2, 0.25) is 5.02 Å². The fraction of sp³-hybridized carbons (Fsp3) is 0.154. The maximum Gasteiger partial charge on any atom is 0.360 e. The number of ether oxygens (including phenoxy) is 1. The molecule has 6 nitrogen and oxygen atoms in total. The van der Waals surface area contributed by atoms with E-state index >= 15 is 0 Å². The molecule has 104 valence electrons. The maximum atomic E-state index is 12.0. The summed E-state index contributed by atoms with van der Waals surface area (Å²) in [4.78, 5) is 22.1. The van der Waals surface area contributed by atoms with Gasteiger partial charge < -0.3 is 9.30 Å². The van der Waals surface area contributed by atoms with Gasteiger partial charge in [0.15, 0.2) is 0 Å². The molecular formula is C13H11ClN2O4. The molecule has 0 radical (unpaired) electrons. The summed E-state index contributed by atoms with van der Waals surface area (Å²) in [6.45, 7) is 1.83. The summed E-state index contributed by atoms with van der Waals surface area (Å²) in [6.07, 6.45) is 1.24. The van der Waals surface area contributed by atoms with Gasteiger partial charge in [0.1, 0.15) is 11.4 Å². The second-order valence-corrected chi connectivity index (χ2v) is 4.68. The molecule has 0 aliphatic heterocycles. The van der Waals surface area contributed by atoms with Gasteiger partial charge in [-0.05, 0) is 24.6 Å². The smallest absolute Gasteiger partial charge is 0.360 e. The molecule has 20 heavy (non-hydrogen) atoms. The number of nitro groups is 1. The lowest BCUT2D eigenvalue weighted by Crippen LogP contribution is -2.12. The maximum absolute atomic E-state index is 12.0. The van der Waals surface area contributed by atoms with Gasteiger partial charge in [-0.25, -0.2) is 4.79 Å². The van der Waals surface area contributed by atoms with E-state index in [4.69, 9.17) is 16.3 Å². The van der Waals surface area contributed by atoms with E-state index in [0.717, 1.165) is 11.6 Å². The lowest BCUT2D eigenvalue weighted by atomic mass is 10.2. The van der Waals surface area contributed by atoms with E-state index in [-0.39, 0.29) is 17.1 Å². The molecule has 0 spiro atoms. The highest BCUT2D eigenvalue weighted by Crippen LogP contribution is 2.26. The first-order valence-corrected chi connectivity index (χ1v) is 6.05. The Morgan fingerprint density at radius 1 is 1.40 bits per heavy atom. The minimum atomic E-state index is -0.701. The van der Waals surface area contributed by atoms with Crippen molar-refractivity contribution >= 4 is 23.3 Å². The lowest BCUT2D eigenvalue weighted by molar-refractivity contribution is -0.384. The Morgan fingerprint density at radius 2 is 2.10 bits per heavy atom. The van der Waals surface area contributed by atoms with Crippen LogP contribution in [0.5, 0.6) is 5.75 Å². The summed E-state index contributed by atoms with van der Waals surface area (Å²) in [5.74, 6) is -0.478. The SMILES string of the molecule is Cc1ccc(Cl)c(OC(=O)c2cc([N+](=O)[O-])cn2C)c1. The molecule has 0 bridgehead atoms. The van der Waals surface area contributed by atoms with Crippen LogP contribution in [0.1, 0.15) is 16.1 Å². The predicted molar refractivity (Wildman–Crippen MR) is 73.2 cm³/mol. The quantitative estimate of drug-likeness (QED) is 0.377. The fourth-order valence-electron chi connectivity index (χ4n) is 1.69. The Bertz CT molecular complexity index is 694. The molecule has 0 fully saturated rings. The summed E-state index contributed by atoms with van der Waals surface area (Å²) in [6, 6.07) is 6.18. The summed E-state index contributed by atoms with van der Waals surface area (Å²) in [5.41, 5.74) is 0.791. The van der Waals surface area contributed by atoms with Crippen molar-refractivity contribution in [2.45, 2.75) is 6.92 Å². The van der Waals surface area contributed by atoms with Crippen LogP contribution in [0, 0.1) is 17.0 Å². The van der Waals surface area contributed by atoms with Crippen LogP contribution in [-0.4, -0.2) is 15.5 Å². The van der Waals surface area contributed by atoms with E-state index in [2.05, 4.69) is 0 Å². The molecule has 0 atom stereocenters. The zero-order valence-electron chi connectivity index (χ0n) is 10.8. The van der Waals surface area contributed by atoms with Crippen molar-refractivity contribution in [1.82, 2.24) is 4.57 Å². The molecule has 0 amide bonds. The highest BCUT2D eigenvalue weighted by atomic mass is 35.5. The van der Waals surface area contributed by atoms with Gasteiger partial charge in [0.2, 0.25) is 0 Å². The van der Waals surface area contributed by atoms with E-state index in [0.29, 0.717) is 5.02 Å². The minimum Gasteiger partial charge on any atom is -0.420 e. The van der Waals surface area contributed by atoms with Gasteiger partial charge in [0, 0.05) is 13.1 Å². The number of carbonyl (C=O) groups excluding carboxylic acids is 1. The number of esters is 1. The Balaban J connectivity index is 2.28. The number of carbonyl (C=O) groups is 1. The molecule has 2 rings (SSSR count). The van der Waals surface area contributed by atoms with E-state index in [9.17, 15) is 14.9 Å². The number of rotatable bonds is 3. The van der Waals surface area contributed by atoms with Gasteiger partial charge in [0.25, 0.3) is 5.69 Å². The highest BCUT2D eigenvalue weighted by Gasteiger charge is 2.20. The van der Waals surface area contributed by atoms with Crippen LogP contribution in [0.15, 0.2) is 30.5 Å². The van der Waals surface area contributed by atoms with E-state index < -0.39 is 10.9 Å². The Morgan fingerprint density at radius 3 is 2.70 bits per heavy atom. The molecule has 1 aromatic heterocycles. The molecule has 0 saturated heterocycles. The average molecular weight is 295 g/mol. The minimum absolute atomic E-state index is 0.0780. The van der Waals surface area contributed by atoms with Crippen LogP contribution in [0.4, 0.5) is 5.69 Å². The van der Waals surface area contributed by atoms with Crippen molar-refractivity contribution in [1.29, 1.82) is 0 Å². The van der Waals surface area contributed by atoms with Crippen molar-refractivity contribution in [3.8, 4) is 5.75 Å². The van der Waals surface area contributed by atoms with Gasteiger partial charge in [-0.3, -0.25) is 10.1 Å². The van der Waals surface area contributed by atoms with E-state index in [1.807, 2.05) is 6.92 Å². The first-order valence-electron chi connectivity index (χ1n) is 5.67. The monoisotopic (exact) mass is 294 g/mol. The van der Waals surface area contributed by atoms with Gasteiger partial charge in [0.05, 0.1) is 16.1 Å². The third-order valence-electron chi connectivity index (χ3n) is 2.70. The van der Waals surface area contributed by atoms with Crippen LogP contribution >= 0.6 is 11.6 Å². The van der Waals surface area contributed by atoms with Gasteiger partial charge >= 0.3 is 5.97 Å². The number of hydrogen-bond acceptors (Lipinski definition) is 4. The number of aromatic nitrogens is 1. The summed E-state index contributed by atoms with van der Waals surface area (Å²) in [7, 11) is 1.53. The molecule has 0 aliphatic carbocycles. The first kappa shape index (κ1) is 14.1. The number of benzene rings is 1. The van der Waals surface area contributed by atoms with Crippen LogP contribution < -0.4 is 4.74 Å². The Labute approximate surface area is 119 Å². The van der Waals surface area contributed by atoms with Crippen molar-refractivity contribution in [3.63, 3.8) is 0 Å². The topological polar surface area (TPSA) is 74.4 Å². The second kappa shape index (κ2) is 5.34. The summed E-state index contributed by atoms with van der Waals surface area (Å²) in [5, 5.41) is 11.0. The molecule has 1 aromatic carbocycles. The van der Waals surface area contributed by atoms with Crippen LogP contribution in [0.3, 0.4) is 0 Å². The molecule has 7 heteroatoms. The van der Waals surface area contributed by atoms with Gasteiger partial charge in [-0.1, -0.05) is 17.7 Å². The fourth-order valence-corrected chi connectivity index (χ4v) is 1.85. The van der Waals surface area contributed by atoms with Crippen LogP contribution in [0.25, 0.3) is 0 Å². The molecule has 2 aromatic rings. The zero-order chi connectivity index (χ0) is 14.9. The Hall–Kier alpha value is -2.34. The van der Waals surface area contributed by atoms with Gasteiger partial charge in [-0.15, -0.1) is 0 Å². The largest absolute Gasteiger partial charge is 0.420 e. The molecule has 1 heterocycles. The molecule has 0 aliphatic rings. The number of aryl methyl sites for hydroxylation is 2. The first-order chi connectivity index (χ1) is 9.38. The van der Waals surface area contributed by atoms with Crippen molar-refractivity contribution in [2.75, 3.05) is 0 Å². The van der Waals surface area contributed by atoms with Crippen LogP contribution in [-0.2, 0) is 7.05 Å². The third-order valence-corrected chi connectivity index (χ3v) is 3.01. The average Bonchev–Trinajstić information content (AvgIpc) is 2.76. The van der Waals surface area contributed by atoms with Crippen molar-refractivity contribution in [3.05, 3.63) is 56.9 Å². The van der Waals surface area contributed by atoms with Crippen molar-refractivity contribution < 1.29 is 14.5 Å². The van der Waals surface area contributed by atoms with E-state index in [1.165, 1.54) is 17.8 Å². The number of nitrogens with zero attached hydrogens (tertiary/aromatic N) is 2. The number of hydrogen-bond donors (Lipinski definition) is 0. The van der Waals surface area contributed by atoms with Crippen molar-refractivity contribution in [2.24, 2.45) is 7.05 Å².